The number of hydrogen-bond donors (Lipinski definition) is 2. The molecule has 4 rings (SSSR count). The van der Waals surface area contributed by atoms with E-state index >= 15 is 0 Å². The molecule has 0 radical (unpaired) electrons. The minimum absolute atomic E-state index is 0.00451. The number of amides is 1. The molecule has 0 spiro atoms. The first kappa shape index (κ1) is 25.9. The minimum atomic E-state index is -2.54. The Kier molecular flexibility index (Phi) is 7.82. The van der Waals surface area contributed by atoms with Crippen LogP contribution in [0.5, 0.6) is 0 Å². The molecular formula is C25H27FN3O6S-. The number of pyridine rings is 1. The molecule has 3 aromatic rings. The topological polar surface area (TPSA) is 136 Å². The molecule has 2 aromatic heterocycles. The van der Waals surface area contributed by atoms with Gasteiger partial charge in [0, 0.05) is 36.8 Å². The zero-order chi connectivity index (χ0) is 26.0. The molecule has 192 valence electrons. The van der Waals surface area contributed by atoms with E-state index in [1.165, 1.54) is 17.4 Å². The summed E-state index contributed by atoms with van der Waals surface area (Å²) in [6.45, 7) is 1.79. The number of carbonyl (C=O) groups excluding carboxylic acids is 1. The Bertz CT molecular complexity index is 1340. The molecule has 0 aliphatic heterocycles. The van der Waals surface area contributed by atoms with Crippen molar-refractivity contribution < 1.29 is 32.3 Å². The van der Waals surface area contributed by atoms with Gasteiger partial charge in [0.1, 0.15) is 11.6 Å². The summed E-state index contributed by atoms with van der Waals surface area (Å²) in [4.78, 5) is 28.2. The Labute approximate surface area is 210 Å². The number of nitrogens with zero attached hydrogens (tertiary/aromatic N) is 2. The molecule has 2 heterocycles. The molecule has 0 bridgehead atoms. The molecule has 1 aromatic carbocycles. The summed E-state index contributed by atoms with van der Waals surface area (Å²) in [5.41, 5.74) is 2.62. The number of nitrogens with one attached hydrogen (secondary N) is 1. The Balaban J connectivity index is 1.76. The lowest BCUT2D eigenvalue weighted by atomic mass is 10.0. The summed E-state index contributed by atoms with van der Waals surface area (Å²) >= 11 is -2.54. The zero-order valence-corrected chi connectivity index (χ0v) is 20.8. The molecule has 1 aliphatic rings. The maximum atomic E-state index is 14.3. The number of unbranched alkanes of at least 4 members (excludes halogenated alkanes) is 1. The Morgan fingerprint density at radius 1 is 1.31 bits per heavy atom. The van der Waals surface area contributed by atoms with Crippen molar-refractivity contribution in [3.8, 4) is 11.3 Å². The van der Waals surface area contributed by atoms with Gasteiger partial charge in [0.05, 0.1) is 23.2 Å². The lowest BCUT2D eigenvalue weighted by Gasteiger charge is -2.24. The lowest BCUT2D eigenvalue weighted by molar-refractivity contribution is -0.137. The maximum Gasteiger partial charge on any atom is 0.303 e. The molecule has 11 heteroatoms. The van der Waals surface area contributed by atoms with Crippen molar-refractivity contribution in [3.05, 3.63) is 52.5 Å². The van der Waals surface area contributed by atoms with Crippen molar-refractivity contribution >= 4 is 34.2 Å². The number of carbonyl (C=O) groups is 2. The summed E-state index contributed by atoms with van der Waals surface area (Å²) in [5, 5.41) is 11.9. The Morgan fingerprint density at radius 3 is 2.67 bits per heavy atom. The molecule has 0 saturated heterocycles. The van der Waals surface area contributed by atoms with Gasteiger partial charge in [0.2, 0.25) is 5.71 Å². The van der Waals surface area contributed by atoms with Crippen LogP contribution in [0.15, 0.2) is 28.7 Å². The second kappa shape index (κ2) is 10.9. The highest BCUT2D eigenvalue weighted by Crippen LogP contribution is 2.44. The third kappa shape index (κ3) is 5.63. The van der Waals surface area contributed by atoms with Crippen LogP contribution < -0.4 is 5.32 Å². The number of carboxylic acid groups (broad SMARTS) is 1. The van der Waals surface area contributed by atoms with Crippen molar-refractivity contribution in [1.82, 2.24) is 14.6 Å². The van der Waals surface area contributed by atoms with Gasteiger partial charge in [-0.3, -0.25) is 13.8 Å². The smallest absolute Gasteiger partial charge is 0.303 e. The Morgan fingerprint density at radius 2 is 2.06 bits per heavy atom. The van der Waals surface area contributed by atoms with E-state index in [9.17, 15) is 22.7 Å². The fraction of sp³-hybridized carbons (Fsp3) is 0.400. The summed E-state index contributed by atoms with van der Waals surface area (Å²) in [6, 6.07) is 6.41. The molecule has 1 saturated carbocycles. The van der Waals surface area contributed by atoms with Crippen LogP contribution in [0.25, 0.3) is 22.4 Å². The van der Waals surface area contributed by atoms with Gasteiger partial charge in [-0.15, -0.1) is 0 Å². The van der Waals surface area contributed by atoms with Gasteiger partial charge < -0.3 is 19.4 Å². The van der Waals surface area contributed by atoms with E-state index in [0.717, 1.165) is 18.4 Å². The van der Waals surface area contributed by atoms with Gasteiger partial charge in [-0.2, -0.15) is 0 Å². The third-order valence-corrected chi connectivity index (χ3v) is 7.02. The van der Waals surface area contributed by atoms with Crippen LogP contribution in [0, 0.1) is 12.7 Å². The van der Waals surface area contributed by atoms with E-state index in [2.05, 4.69) is 10.3 Å². The average molecular weight is 517 g/mol. The molecule has 1 fully saturated rings. The number of furan rings is 1. The van der Waals surface area contributed by atoms with Crippen LogP contribution in [0.3, 0.4) is 0 Å². The molecule has 36 heavy (non-hydrogen) atoms. The molecule has 2 N–H and O–H groups in total. The molecule has 9 nitrogen and oxygen atoms in total. The SMILES string of the molecule is CNC(=O)c1c(-c2ccc(C)c(F)c2)oc2nc(CN(CCCCC(=O)O)S(=O)[O-])c(C3CC3)cc12. The average Bonchev–Trinajstić information content (AvgIpc) is 3.61. The summed E-state index contributed by atoms with van der Waals surface area (Å²) < 4.78 is 45.3. The number of aromatic nitrogens is 1. The number of aryl methyl sites for hydroxylation is 1. The lowest BCUT2D eigenvalue weighted by Crippen LogP contribution is -2.27. The summed E-state index contributed by atoms with van der Waals surface area (Å²) in [6.07, 6.45) is 2.56. The number of aliphatic carboxylic acids is 1. The van der Waals surface area contributed by atoms with E-state index in [1.807, 2.05) is 6.07 Å². The van der Waals surface area contributed by atoms with E-state index in [4.69, 9.17) is 9.52 Å². The van der Waals surface area contributed by atoms with Crippen LogP contribution in [-0.2, 0) is 22.6 Å². The normalized spacial score (nSPS) is 14.4. The largest absolute Gasteiger partial charge is 0.760 e. The van der Waals surface area contributed by atoms with Crippen molar-refractivity contribution in [2.24, 2.45) is 0 Å². The Hall–Kier alpha value is -3.15. The number of rotatable bonds is 11. The van der Waals surface area contributed by atoms with E-state index in [-0.39, 0.29) is 42.5 Å². The standard InChI is InChI=1S/C25H28FN3O6S/c1-14-6-7-16(11-19(14)26)23-22(24(32)27-2)18-12-17(15-8-9-15)20(28-25(18)35-23)13-29(36(33)34)10-4-3-5-21(30)31/h6-7,11-12,15H,3-5,8-10,13H2,1-2H3,(H,27,32)(H,30,31)(H,33,34)/p-1. The van der Waals surface area contributed by atoms with Gasteiger partial charge >= 0.3 is 5.97 Å². The first-order valence-electron chi connectivity index (χ1n) is 11.7. The zero-order valence-electron chi connectivity index (χ0n) is 20.0. The van der Waals surface area contributed by atoms with Crippen LogP contribution in [0.2, 0.25) is 0 Å². The molecule has 1 atom stereocenters. The van der Waals surface area contributed by atoms with E-state index in [0.29, 0.717) is 35.0 Å². The van der Waals surface area contributed by atoms with Gasteiger partial charge in [0.15, 0.2) is 0 Å². The number of benzene rings is 1. The predicted molar refractivity (Wildman–Crippen MR) is 130 cm³/mol. The highest BCUT2D eigenvalue weighted by atomic mass is 32.2. The maximum absolute atomic E-state index is 14.3. The molecular weight excluding hydrogens is 489 g/mol. The fourth-order valence-corrected chi connectivity index (χ4v) is 4.68. The first-order valence-corrected chi connectivity index (χ1v) is 12.7. The van der Waals surface area contributed by atoms with Crippen LogP contribution >= 0.6 is 0 Å². The van der Waals surface area contributed by atoms with Crippen LogP contribution in [0.4, 0.5) is 4.39 Å². The second-order valence-corrected chi connectivity index (χ2v) is 9.88. The van der Waals surface area contributed by atoms with Gasteiger partial charge in [-0.1, -0.05) is 12.1 Å². The van der Waals surface area contributed by atoms with Crippen molar-refractivity contribution in [2.45, 2.75) is 51.5 Å². The molecule has 1 amide bonds. The molecule has 1 unspecified atom stereocenters. The van der Waals surface area contributed by atoms with Crippen LogP contribution in [-0.4, -0.2) is 48.6 Å². The second-order valence-electron chi connectivity index (χ2n) is 8.93. The van der Waals surface area contributed by atoms with E-state index in [1.54, 1.807) is 19.1 Å². The van der Waals surface area contributed by atoms with Gasteiger partial charge in [0.25, 0.3) is 5.91 Å². The van der Waals surface area contributed by atoms with Crippen molar-refractivity contribution in [2.75, 3.05) is 13.6 Å². The predicted octanol–water partition coefficient (Wildman–Crippen LogP) is 4.03. The first-order chi connectivity index (χ1) is 17.2. The van der Waals surface area contributed by atoms with Crippen LogP contribution in [0.1, 0.15) is 65.2 Å². The van der Waals surface area contributed by atoms with Gasteiger partial charge in [-0.05, 0) is 61.8 Å². The summed E-state index contributed by atoms with van der Waals surface area (Å²) in [5.74, 6) is -1.38. The summed E-state index contributed by atoms with van der Waals surface area (Å²) in [7, 11) is 1.50. The van der Waals surface area contributed by atoms with E-state index < -0.39 is 29.0 Å². The van der Waals surface area contributed by atoms with Crippen molar-refractivity contribution in [3.63, 3.8) is 0 Å². The highest BCUT2D eigenvalue weighted by Gasteiger charge is 2.31. The fourth-order valence-electron chi connectivity index (χ4n) is 4.17. The number of carboxylic acids is 1. The quantitative estimate of drug-likeness (QED) is 0.290. The highest BCUT2D eigenvalue weighted by molar-refractivity contribution is 7.76. The minimum Gasteiger partial charge on any atom is -0.760 e. The van der Waals surface area contributed by atoms with Gasteiger partial charge in [-0.25, -0.2) is 13.7 Å². The van der Waals surface area contributed by atoms with Crippen molar-refractivity contribution in [1.29, 1.82) is 0 Å². The monoisotopic (exact) mass is 516 g/mol. The molecule has 1 aliphatic carbocycles. The number of fused-ring (bicyclic) bond motifs is 1. The number of hydrogen-bond acceptors (Lipinski definition) is 6. The number of halogens is 1. The third-order valence-electron chi connectivity index (χ3n) is 6.29.